The molecule has 2 heterocycles. The van der Waals surface area contributed by atoms with E-state index in [0.717, 1.165) is 37.0 Å². The van der Waals surface area contributed by atoms with Crippen LogP contribution in [0.25, 0.3) is 10.9 Å². The van der Waals surface area contributed by atoms with Crippen molar-refractivity contribution in [2.24, 2.45) is 5.92 Å². The number of fused-ring (bicyclic) bond motifs is 1. The van der Waals surface area contributed by atoms with E-state index < -0.39 is 9.84 Å². The number of rotatable bonds is 4. The fourth-order valence-corrected chi connectivity index (χ4v) is 5.37. The summed E-state index contributed by atoms with van der Waals surface area (Å²) in [7, 11) is -2.20. The molecule has 5 nitrogen and oxygen atoms in total. The highest BCUT2D eigenvalue weighted by Gasteiger charge is 2.28. The van der Waals surface area contributed by atoms with Crippen molar-refractivity contribution in [2.75, 3.05) is 25.1 Å². The van der Waals surface area contributed by atoms with Gasteiger partial charge in [0, 0.05) is 29.7 Å². The quantitative estimate of drug-likeness (QED) is 0.585. The highest BCUT2D eigenvalue weighted by atomic mass is 35.5. The third-order valence-corrected chi connectivity index (χ3v) is 7.53. The van der Waals surface area contributed by atoms with Gasteiger partial charge in [0.15, 0.2) is 0 Å². The van der Waals surface area contributed by atoms with Gasteiger partial charge < -0.3 is 9.64 Å². The number of ether oxygens (including phenoxy) is 1. The molecule has 0 amide bonds. The van der Waals surface area contributed by atoms with E-state index in [0.29, 0.717) is 22.2 Å². The number of sulfone groups is 1. The molecule has 4 rings (SSSR count). The van der Waals surface area contributed by atoms with Crippen molar-refractivity contribution in [2.45, 2.75) is 29.6 Å². The van der Waals surface area contributed by atoms with Gasteiger partial charge >= 0.3 is 0 Å². The molecule has 2 aromatic carbocycles. The number of anilines is 1. The Morgan fingerprint density at radius 1 is 1.10 bits per heavy atom. The van der Waals surface area contributed by atoms with E-state index >= 15 is 0 Å². The maximum atomic E-state index is 13.5. The number of piperidine rings is 1. The van der Waals surface area contributed by atoms with Gasteiger partial charge in [0.1, 0.15) is 10.6 Å². The van der Waals surface area contributed by atoms with Crippen LogP contribution in [0.3, 0.4) is 0 Å². The van der Waals surface area contributed by atoms with Gasteiger partial charge in [-0.15, -0.1) is 0 Å². The number of hydrogen-bond donors (Lipinski definition) is 0. The maximum absolute atomic E-state index is 13.5. The molecule has 0 radical (unpaired) electrons. The van der Waals surface area contributed by atoms with Crippen molar-refractivity contribution < 1.29 is 13.2 Å². The van der Waals surface area contributed by atoms with E-state index in [-0.39, 0.29) is 9.79 Å². The topological polar surface area (TPSA) is 59.5 Å². The molecule has 29 heavy (non-hydrogen) atoms. The van der Waals surface area contributed by atoms with Gasteiger partial charge in [-0.05, 0) is 61.2 Å². The lowest BCUT2D eigenvalue weighted by Gasteiger charge is -2.34. The van der Waals surface area contributed by atoms with Crippen molar-refractivity contribution in [3.05, 3.63) is 53.7 Å². The van der Waals surface area contributed by atoms with E-state index in [9.17, 15) is 8.42 Å². The Hall–Kier alpha value is -2.31. The van der Waals surface area contributed by atoms with E-state index in [1.54, 1.807) is 43.5 Å². The first-order chi connectivity index (χ1) is 13.9. The van der Waals surface area contributed by atoms with E-state index in [2.05, 4.69) is 16.8 Å². The van der Waals surface area contributed by atoms with E-state index in [1.165, 1.54) is 6.20 Å². The minimum Gasteiger partial charge on any atom is -0.497 e. The first-order valence-corrected chi connectivity index (χ1v) is 11.5. The van der Waals surface area contributed by atoms with Gasteiger partial charge in [-0.1, -0.05) is 18.5 Å². The summed E-state index contributed by atoms with van der Waals surface area (Å²) in [5.74, 6) is 1.25. The van der Waals surface area contributed by atoms with Crippen LogP contribution < -0.4 is 9.64 Å². The molecular weight excluding hydrogens is 408 g/mol. The van der Waals surface area contributed by atoms with Crippen LogP contribution in [0.4, 0.5) is 5.69 Å². The smallest absolute Gasteiger partial charge is 0.210 e. The van der Waals surface area contributed by atoms with Crippen LogP contribution in [-0.2, 0) is 9.84 Å². The average molecular weight is 431 g/mol. The summed E-state index contributed by atoms with van der Waals surface area (Å²) < 4.78 is 32.2. The van der Waals surface area contributed by atoms with Crippen molar-refractivity contribution >= 4 is 38.0 Å². The third kappa shape index (κ3) is 3.79. The van der Waals surface area contributed by atoms with Gasteiger partial charge in [-0.2, -0.15) is 0 Å². The highest BCUT2D eigenvalue weighted by molar-refractivity contribution is 7.91. The Balaban J connectivity index is 1.90. The predicted octanol–water partition coefficient (Wildman–Crippen LogP) is 4.97. The lowest BCUT2D eigenvalue weighted by molar-refractivity contribution is 0.414. The van der Waals surface area contributed by atoms with E-state index in [1.807, 2.05) is 6.07 Å². The maximum Gasteiger partial charge on any atom is 0.210 e. The number of methoxy groups -OCH3 is 1. The molecule has 152 valence electrons. The zero-order valence-corrected chi connectivity index (χ0v) is 18.0. The number of aromatic nitrogens is 1. The summed E-state index contributed by atoms with van der Waals surface area (Å²) in [4.78, 5) is 7.05. The van der Waals surface area contributed by atoms with Crippen LogP contribution in [0.15, 0.2) is 58.5 Å². The molecule has 1 aliphatic rings. The monoisotopic (exact) mass is 430 g/mol. The SMILES string of the molecule is COc1ccc(S(=O)(=O)c2cnc3cc(Cl)ccc3c2N2CCC(C)CC2)cc1. The summed E-state index contributed by atoms with van der Waals surface area (Å²) in [6.07, 6.45) is 3.52. The molecule has 7 heteroatoms. The Bertz CT molecular complexity index is 1140. The molecule has 0 N–H and O–H groups in total. The lowest BCUT2D eigenvalue weighted by Crippen LogP contribution is -2.34. The number of pyridine rings is 1. The van der Waals surface area contributed by atoms with Crippen LogP contribution in [0.1, 0.15) is 19.8 Å². The van der Waals surface area contributed by atoms with Crippen LogP contribution in [0.5, 0.6) is 5.75 Å². The average Bonchev–Trinajstić information content (AvgIpc) is 2.73. The van der Waals surface area contributed by atoms with Gasteiger partial charge in [-0.25, -0.2) is 8.42 Å². The summed E-state index contributed by atoms with van der Waals surface area (Å²) in [5.41, 5.74) is 1.41. The zero-order valence-electron chi connectivity index (χ0n) is 16.4. The van der Waals surface area contributed by atoms with Crippen LogP contribution in [-0.4, -0.2) is 33.6 Å². The first kappa shape index (κ1) is 20.0. The molecule has 1 fully saturated rings. The second-order valence-electron chi connectivity index (χ2n) is 7.48. The van der Waals surface area contributed by atoms with E-state index in [4.69, 9.17) is 16.3 Å². The van der Waals surface area contributed by atoms with Crippen LogP contribution in [0, 0.1) is 5.92 Å². The summed E-state index contributed by atoms with van der Waals surface area (Å²) in [6.45, 7) is 3.86. The van der Waals surface area contributed by atoms with Crippen LogP contribution in [0.2, 0.25) is 5.02 Å². The highest BCUT2D eigenvalue weighted by Crippen LogP contribution is 2.38. The number of halogens is 1. The molecule has 0 unspecified atom stereocenters. The zero-order chi connectivity index (χ0) is 20.6. The second-order valence-corrected chi connectivity index (χ2v) is 9.84. The number of benzene rings is 2. The molecule has 0 atom stereocenters. The number of hydrogen-bond acceptors (Lipinski definition) is 5. The predicted molar refractivity (Wildman–Crippen MR) is 116 cm³/mol. The Morgan fingerprint density at radius 2 is 1.79 bits per heavy atom. The molecule has 1 saturated heterocycles. The Kier molecular flexibility index (Phi) is 5.40. The minimum absolute atomic E-state index is 0.222. The molecule has 0 spiro atoms. The Labute approximate surface area is 176 Å². The lowest BCUT2D eigenvalue weighted by atomic mass is 9.98. The van der Waals surface area contributed by atoms with Crippen molar-refractivity contribution in [1.82, 2.24) is 4.98 Å². The van der Waals surface area contributed by atoms with Crippen molar-refractivity contribution in [1.29, 1.82) is 0 Å². The molecular formula is C22H23ClN2O3S. The molecule has 0 bridgehead atoms. The second kappa shape index (κ2) is 7.84. The molecule has 1 aromatic heterocycles. The summed E-state index contributed by atoms with van der Waals surface area (Å²) >= 11 is 6.15. The number of nitrogens with zero attached hydrogens (tertiary/aromatic N) is 2. The van der Waals surface area contributed by atoms with Gasteiger partial charge in [0.25, 0.3) is 0 Å². The van der Waals surface area contributed by atoms with Gasteiger partial charge in [0.2, 0.25) is 9.84 Å². The molecule has 0 aliphatic carbocycles. The van der Waals surface area contributed by atoms with Gasteiger partial charge in [-0.3, -0.25) is 4.98 Å². The van der Waals surface area contributed by atoms with Crippen LogP contribution >= 0.6 is 11.6 Å². The fraction of sp³-hybridized carbons (Fsp3) is 0.318. The first-order valence-electron chi connectivity index (χ1n) is 9.62. The van der Waals surface area contributed by atoms with Crippen molar-refractivity contribution in [3.8, 4) is 5.75 Å². The fourth-order valence-electron chi connectivity index (χ4n) is 3.77. The largest absolute Gasteiger partial charge is 0.497 e. The summed E-state index contributed by atoms with van der Waals surface area (Å²) in [6, 6.07) is 11.9. The Morgan fingerprint density at radius 3 is 2.45 bits per heavy atom. The molecule has 3 aromatic rings. The summed E-state index contributed by atoms with van der Waals surface area (Å²) in [5, 5.41) is 1.38. The van der Waals surface area contributed by atoms with Gasteiger partial charge in [0.05, 0.1) is 23.2 Å². The normalized spacial score (nSPS) is 15.6. The molecule has 0 saturated carbocycles. The standard InChI is InChI=1S/C22H23ClN2O3S/c1-15-9-11-25(12-10-15)22-19-8-3-16(23)13-20(19)24-14-21(22)29(26,27)18-6-4-17(28-2)5-7-18/h3-8,13-15H,9-12H2,1-2H3. The van der Waals surface area contributed by atoms with Crippen molar-refractivity contribution in [3.63, 3.8) is 0 Å². The minimum atomic E-state index is -3.75. The third-order valence-electron chi connectivity index (χ3n) is 5.53. The molecule has 1 aliphatic heterocycles.